The van der Waals surface area contributed by atoms with E-state index in [2.05, 4.69) is 29.5 Å². The van der Waals surface area contributed by atoms with Gasteiger partial charge in [-0.1, -0.05) is 31.5 Å². The molecule has 2 rings (SSSR count). The Bertz CT molecular complexity index is 588. The highest BCUT2D eigenvalue weighted by Crippen LogP contribution is 2.12. The smallest absolute Gasteiger partial charge is 0.256 e. The van der Waals surface area contributed by atoms with Gasteiger partial charge in [-0.25, -0.2) is 4.98 Å². The minimum absolute atomic E-state index is 0.148. The van der Waals surface area contributed by atoms with Gasteiger partial charge in [0.2, 0.25) is 0 Å². The molecule has 0 unspecified atom stereocenters. The normalized spacial score (nSPS) is 10.5. The molecule has 4 nitrogen and oxygen atoms in total. The Morgan fingerprint density at radius 2 is 1.86 bits per heavy atom. The first-order valence-corrected chi connectivity index (χ1v) is 7.12. The van der Waals surface area contributed by atoms with E-state index in [1.165, 1.54) is 0 Å². The van der Waals surface area contributed by atoms with Gasteiger partial charge >= 0.3 is 0 Å². The molecule has 4 heteroatoms. The lowest BCUT2D eigenvalue weighted by molar-refractivity contribution is 0.102. The summed E-state index contributed by atoms with van der Waals surface area (Å²) in [7, 11) is 0. The number of carbonyl (C=O) groups is 1. The van der Waals surface area contributed by atoms with E-state index in [-0.39, 0.29) is 5.91 Å². The van der Waals surface area contributed by atoms with Crippen molar-refractivity contribution in [1.82, 2.24) is 4.98 Å². The summed E-state index contributed by atoms with van der Waals surface area (Å²) in [6.45, 7) is 7.19. The number of amides is 1. The average Bonchev–Trinajstić information content (AvgIpc) is 2.47. The molecule has 0 spiro atoms. The van der Waals surface area contributed by atoms with Crippen LogP contribution in [0.15, 0.2) is 42.6 Å². The fourth-order valence-corrected chi connectivity index (χ4v) is 1.79. The number of nitrogens with zero attached hydrogens (tertiary/aromatic N) is 1. The molecule has 2 N–H and O–H groups in total. The van der Waals surface area contributed by atoms with E-state index in [4.69, 9.17) is 0 Å². The molecule has 1 aromatic carbocycles. The maximum Gasteiger partial charge on any atom is 0.256 e. The zero-order chi connectivity index (χ0) is 15.2. The molecule has 0 fully saturated rings. The number of aryl methyl sites for hydroxylation is 1. The first kappa shape index (κ1) is 15.0. The molecule has 110 valence electrons. The van der Waals surface area contributed by atoms with Crippen molar-refractivity contribution in [2.45, 2.75) is 20.8 Å². The first-order valence-electron chi connectivity index (χ1n) is 7.12. The molecule has 2 aromatic rings. The molecule has 21 heavy (non-hydrogen) atoms. The van der Waals surface area contributed by atoms with Gasteiger partial charge in [0.1, 0.15) is 5.82 Å². The third-order valence-electron chi connectivity index (χ3n) is 3.03. The van der Waals surface area contributed by atoms with E-state index in [1.807, 2.05) is 37.3 Å². The molecule has 0 saturated carbocycles. The van der Waals surface area contributed by atoms with Crippen molar-refractivity contribution in [1.29, 1.82) is 0 Å². The fourth-order valence-electron chi connectivity index (χ4n) is 1.79. The van der Waals surface area contributed by atoms with E-state index < -0.39 is 0 Å². The Morgan fingerprint density at radius 3 is 2.43 bits per heavy atom. The lowest BCUT2D eigenvalue weighted by atomic mass is 10.1. The van der Waals surface area contributed by atoms with Gasteiger partial charge in [-0.2, -0.15) is 0 Å². The van der Waals surface area contributed by atoms with E-state index in [0.29, 0.717) is 17.3 Å². The van der Waals surface area contributed by atoms with Crippen LogP contribution in [0.5, 0.6) is 0 Å². The molecule has 1 heterocycles. The van der Waals surface area contributed by atoms with Gasteiger partial charge in [-0.3, -0.25) is 4.79 Å². The molecule has 0 radical (unpaired) electrons. The van der Waals surface area contributed by atoms with Crippen molar-refractivity contribution in [3.05, 3.63) is 53.7 Å². The van der Waals surface area contributed by atoms with Gasteiger partial charge in [-0.15, -0.1) is 0 Å². The predicted molar refractivity (Wildman–Crippen MR) is 86.7 cm³/mol. The number of anilines is 2. The van der Waals surface area contributed by atoms with E-state index >= 15 is 0 Å². The van der Waals surface area contributed by atoms with Gasteiger partial charge in [0.05, 0.1) is 11.9 Å². The van der Waals surface area contributed by atoms with Crippen LogP contribution in [-0.4, -0.2) is 17.4 Å². The van der Waals surface area contributed by atoms with Crippen molar-refractivity contribution >= 4 is 17.4 Å². The highest BCUT2D eigenvalue weighted by molar-refractivity contribution is 6.03. The maximum absolute atomic E-state index is 12.1. The SMILES string of the molecule is Cc1ccc(C(=O)Nc2ccc(NCC(C)C)cn2)cc1. The van der Waals surface area contributed by atoms with Crippen LogP contribution >= 0.6 is 0 Å². The lowest BCUT2D eigenvalue weighted by Gasteiger charge is -2.09. The molecule has 1 amide bonds. The first-order chi connectivity index (χ1) is 10.0. The number of nitrogens with one attached hydrogen (secondary N) is 2. The summed E-state index contributed by atoms with van der Waals surface area (Å²) < 4.78 is 0. The fraction of sp³-hybridized carbons (Fsp3) is 0.294. The summed E-state index contributed by atoms with van der Waals surface area (Å²) in [4.78, 5) is 16.3. The summed E-state index contributed by atoms with van der Waals surface area (Å²) in [6.07, 6.45) is 1.73. The van der Waals surface area contributed by atoms with Crippen molar-refractivity contribution in [2.75, 3.05) is 17.2 Å². The summed E-state index contributed by atoms with van der Waals surface area (Å²) in [6, 6.07) is 11.2. The molecule has 1 aromatic heterocycles. The predicted octanol–water partition coefficient (Wildman–Crippen LogP) is 3.71. The van der Waals surface area contributed by atoms with Gasteiger partial charge in [-0.05, 0) is 37.1 Å². The number of aromatic nitrogens is 1. The third-order valence-corrected chi connectivity index (χ3v) is 3.03. The number of hydrogen-bond acceptors (Lipinski definition) is 3. The van der Waals surface area contributed by atoms with Crippen molar-refractivity contribution < 1.29 is 4.79 Å². The largest absolute Gasteiger partial charge is 0.384 e. The Hall–Kier alpha value is -2.36. The van der Waals surface area contributed by atoms with Gasteiger partial charge in [0.25, 0.3) is 5.91 Å². The minimum Gasteiger partial charge on any atom is -0.384 e. The molecule has 0 bridgehead atoms. The Morgan fingerprint density at radius 1 is 1.14 bits per heavy atom. The van der Waals surface area contributed by atoms with Gasteiger partial charge in [0.15, 0.2) is 0 Å². The lowest BCUT2D eigenvalue weighted by Crippen LogP contribution is -2.13. The van der Waals surface area contributed by atoms with Crippen LogP contribution in [0.3, 0.4) is 0 Å². The van der Waals surface area contributed by atoms with E-state index in [0.717, 1.165) is 17.8 Å². The summed E-state index contributed by atoms with van der Waals surface area (Å²) in [5.41, 5.74) is 2.71. The molecular weight excluding hydrogens is 262 g/mol. The topological polar surface area (TPSA) is 54.0 Å². The van der Waals surface area contributed by atoms with E-state index in [9.17, 15) is 4.79 Å². The van der Waals surface area contributed by atoms with Crippen LogP contribution in [0.2, 0.25) is 0 Å². The van der Waals surface area contributed by atoms with Crippen LogP contribution in [0.25, 0.3) is 0 Å². The summed E-state index contributed by atoms with van der Waals surface area (Å²) in [5, 5.41) is 6.08. The molecule has 0 atom stereocenters. The summed E-state index contributed by atoms with van der Waals surface area (Å²) >= 11 is 0. The second-order valence-electron chi connectivity index (χ2n) is 5.53. The molecule has 0 saturated heterocycles. The standard InChI is InChI=1S/C17H21N3O/c1-12(2)10-18-15-8-9-16(19-11-15)20-17(21)14-6-4-13(3)5-7-14/h4-9,11-12,18H,10H2,1-3H3,(H,19,20,21). The molecular formula is C17H21N3O. The molecule has 0 aliphatic carbocycles. The number of pyridine rings is 1. The number of hydrogen-bond donors (Lipinski definition) is 2. The third kappa shape index (κ3) is 4.60. The van der Waals surface area contributed by atoms with Crippen molar-refractivity contribution in [3.63, 3.8) is 0 Å². The Labute approximate surface area is 125 Å². The minimum atomic E-state index is -0.148. The average molecular weight is 283 g/mol. The van der Waals surface area contributed by atoms with Gasteiger partial charge < -0.3 is 10.6 Å². The number of carbonyl (C=O) groups excluding carboxylic acids is 1. The van der Waals surface area contributed by atoms with Crippen LogP contribution in [0.4, 0.5) is 11.5 Å². The monoisotopic (exact) mass is 283 g/mol. The van der Waals surface area contributed by atoms with Crippen molar-refractivity contribution in [2.24, 2.45) is 5.92 Å². The van der Waals surface area contributed by atoms with Crippen molar-refractivity contribution in [3.8, 4) is 0 Å². The zero-order valence-electron chi connectivity index (χ0n) is 12.7. The number of benzene rings is 1. The Kier molecular flexibility index (Phi) is 4.93. The Balaban J connectivity index is 1.96. The second-order valence-corrected chi connectivity index (χ2v) is 5.53. The highest BCUT2D eigenvalue weighted by atomic mass is 16.1. The van der Waals surface area contributed by atoms with Crippen LogP contribution in [-0.2, 0) is 0 Å². The summed E-state index contributed by atoms with van der Waals surface area (Å²) in [5.74, 6) is 0.979. The van der Waals surface area contributed by atoms with Crippen LogP contribution in [0, 0.1) is 12.8 Å². The van der Waals surface area contributed by atoms with Crippen LogP contribution in [0.1, 0.15) is 29.8 Å². The quantitative estimate of drug-likeness (QED) is 0.879. The van der Waals surface area contributed by atoms with E-state index in [1.54, 1.807) is 12.3 Å². The number of rotatable bonds is 5. The van der Waals surface area contributed by atoms with Gasteiger partial charge in [0, 0.05) is 12.1 Å². The second kappa shape index (κ2) is 6.88. The highest BCUT2D eigenvalue weighted by Gasteiger charge is 2.06. The molecule has 0 aliphatic rings. The zero-order valence-corrected chi connectivity index (χ0v) is 12.7. The maximum atomic E-state index is 12.1. The molecule has 0 aliphatic heterocycles. The van der Waals surface area contributed by atoms with Crippen LogP contribution < -0.4 is 10.6 Å².